The highest BCUT2D eigenvalue weighted by Crippen LogP contribution is 2.16. The summed E-state index contributed by atoms with van der Waals surface area (Å²) < 4.78 is 45.2. The third-order valence-electron chi connectivity index (χ3n) is 3.36. The molecule has 124 valence electrons. The summed E-state index contributed by atoms with van der Waals surface area (Å²) in [5.41, 5.74) is 1.08. The molecule has 0 aliphatic heterocycles. The third kappa shape index (κ3) is 5.42. The van der Waals surface area contributed by atoms with E-state index >= 15 is 0 Å². The van der Waals surface area contributed by atoms with Gasteiger partial charge in [0, 0.05) is 13.2 Å². The maximum Gasteiger partial charge on any atom is 0.240 e. The molecule has 0 amide bonds. The van der Waals surface area contributed by atoms with Crippen LogP contribution in [-0.2, 0) is 14.8 Å². The highest BCUT2D eigenvalue weighted by molar-refractivity contribution is 7.89. The molecule has 1 atom stereocenters. The van der Waals surface area contributed by atoms with Gasteiger partial charge in [0.05, 0.1) is 11.0 Å². The lowest BCUT2D eigenvalue weighted by molar-refractivity contribution is 0.0647. The summed E-state index contributed by atoms with van der Waals surface area (Å²) in [6.45, 7) is 2.62. The van der Waals surface area contributed by atoms with Gasteiger partial charge in [0.1, 0.15) is 5.82 Å². The quantitative estimate of drug-likeness (QED) is 0.752. The monoisotopic (exact) mass is 337 g/mol. The lowest BCUT2D eigenvalue weighted by atomic mass is 10.1. The van der Waals surface area contributed by atoms with E-state index in [4.69, 9.17) is 4.74 Å². The summed E-state index contributed by atoms with van der Waals surface area (Å²) >= 11 is 0. The molecule has 0 saturated heterocycles. The summed E-state index contributed by atoms with van der Waals surface area (Å²) in [6, 6.07) is 14.7. The van der Waals surface area contributed by atoms with Crippen LogP contribution in [0.1, 0.15) is 25.0 Å². The van der Waals surface area contributed by atoms with Gasteiger partial charge >= 0.3 is 0 Å². The molecule has 0 bridgehead atoms. The van der Waals surface area contributed by atoms with E-state index in [1.807, 2.05) is 37.3 Å². The van der Waals surface area contributed by atoms with Gasteiger partial charge in [0.25, 0.3) is 0 Å². The molecular formula is C17H20FNO3S. The second-order valence-electron chi connectivity index (χ2n) is 5.13. The van der Waals surface area contributed by atoms with E-state index in [1.54, 1.807) is 0 Å². The van der Waals surface area contributed by atoms with Crippen molar-refractivity contribution in [3.63, 3.8) is 0 Å². The van der Waals surface area contributed by atoms with Crippen molar-refractivity contribution in [1.82, 2.24) is 4.72 Å². The van der Waals surface area contributed by atoms with Gasteiger partial charge in [-0.15, -0.1) is 0 Å². The molecule has 2 rings (SSSR count). The number of nitrogens with one attached hydrogen (secondary N) is 1. The van der Waals surface area contributed by atoms with E-state index in [1.165, 1.54) is 18.2 Å². The number of rotatable bonds is 8. The van der Waals surface area contributed by atoms with Crippen LogP contribution in [0.25, 0.3) is 0 Å². The maximum absolute atomic E-state index is 13.1. The summed E-state index contributed by atoms with van der Waals surface area (Å²) in [6.07, 6.45) is 0.488. The molecule has 1 N–H and O–H groups in total. The number of hydrogen-bond acceptors (Lipinski definition) is 3. The first-order chi connectivity index (χ1) is 11.0. The largest absolute Gasteiger partial charge is 0.374 e. The van der Waals surface area contributed by atoms with E-state index in [0.29, 0.717) is 13.0 Å². The first-order valence-corrected chi connectivity index (χ1v) is 8.89. The van der Waals surface area contributed by atoms with Gasteiger partial charge in [0.2, 0.25) is 10.0 Å². The summed E-state index contributed by atoms with van der Waals surface area (Å²) in [4.78, 5) is -0.0731. The number of ether oxygens (including phenoxy) is 1. The molecule has 0 aliphatic rings. The fraction of sp³-hybridized carbons (Fsp3) is 0.294. The van der Waals surface area contributed by atoms with Crippen molar-refractivity contribution < 1.29 is 17.5 Å². The predicted molar refractivity (Wildman–Crippen MR) is 87.0 cm³/mol. The number of benzene rings is 2. The number of sulfonamides is 1. The molecule has 0 fully saturated rings. The molecule has 0 heterocycles. The highest BCUT2D eigenvalue weighted by Gasteiger charge is 2.13. The van der Waals surface area contributed by atoms with Crippen molar-refractivity contribution in [3.05, 3.63) is 66.0 Å². The second-order valence-corrected chi connectivity index (χ2v) is 6.90. The zero-order valence-corrected chi connectivity index (χ0v) is 13.7. The van der Waals surface area contributed by atoms with E-state index in [-0.39, 0.29) is 17.5 Å². The molecule has 0 spiro atoms. The molecule has 23 heavy (non-hydrogen) atoms. The molecule has 1 unspecified atom stereocenters. The molecule has 2 aromatic carbocycles. The molecule has 2 aromatic rings. The highest BCUT2D eigenvalue weighted by atomic mass is 32.2. The molecule has 4 nitrogen and oxygen atoms in total. The van der Waals surface area contributed by atoms with Gasteiger partial charge in [0.15, 0.2) is 0 Å². The Morgan fingerprint density at radius 3 is 2.57 bits per heavy atom. The van der Waals surface area contributed by atoms with Crippen LogP contribution in [0.2, 0.25) is 0 Å². The minimum atomic E-state index is -3.68. The lowest BCUT2D eigenvalue weighted by Gasteiger charge is -2.13. The average molecular weight is 337 g/mol. The van der Waals surface area contributed by atoms with Crippen molar-refractivity contribution in [1.29, 1.82) is 0 Å². The van der Waals surface area contributed by atoms with Gasteiger partial charge in [-0.3, -0.25) is 0 Å². The van der Waals surface area contributed by atoms with Crippen LogP contribution in [0.3, 0.4) is 0 Å². The minimum Gasteiger partial charge on any atom is -0.374 e. The Labute approximate surface area is 136 Å². The van der Waals surface area contributed by atoms with Gasteiger partial charge < -0.3 is 4.74 Å². The van der Waals surface area contributed by atoms with Gasteiger partial charge in [-0.05, 0) is 37.1 Å². The standard InChI is InChI=1S/C17H20FNO3S/c1-14(15-7-3-2-4-8-15)22-12-6-11-19-23(20,21)17-10-5-9-16(18)13-17/h2-5,7-10,13-14,19H,6,11-12H2,1H3. The summed E-state index contributed by atoms with van der Waals surface area (Å²) in [7, 11) is -3.68. The van der Waals surface area contributed by atoms with Gasteiger partial charge in [-0.2, -0.15) is 0 Å². The first-order valence-electron chi connectivity index (χ1n) is 7.41. The van der Waals surface area contributed by atoms with Gasteiger partial charge in [-0.1, -0.05) is 36.4 Å². The SMILES string of the molecule is CC(OCCCNS(=O)(=O)c1cccc(F)c1)c1ccccc1. The van der Waals surface area contributed by atoms with Crippen molar-refractivity contribution in [2.45, 2.75) is 24.3 Å². The number of halogens is 1. The van der Waals surface area contributed by atoms with Crippen LogP contribution < -0.4 is 4.72 Å². The van der Waals surface area contributed by atoms with Crippen LogP contribution >= 0.6 is 0 Å². The Morgan fingerprint density at radius 2 is 1.87 bits per heavy atom. The summed E-state index contributed by atoms with van der Waals surface area (Å²) in [5.74, 6) is -0.576. The first kappa shape index (κ1) is 17.6. The minimum absolute atomic E-state index is 0.0453. The second kappa shape index (κ2) is 8.19. The summed E-state index contributed by atoms with van der Waals surface area (Å²) in [5, 5.41) is 0. The van der Waals surface area contributed by atoms with Crippen molar-refractivity contribution >= 4 is 10.0 Å². The van der Waals surface area contributed by atoms with Crippen molar-refractivity contribution in [2.24, 2.45) is 0 Å². The topological polar surface area (TPSA) is 55.4 Å². The van der Waals surface area contributed by atoms with Crippen LogP contribution in [0, 0.1) is 5.82 Å². The Hall–Kier alpha value is -1.76. The van der Waals surface area contributed by atoms with Crippen LogP contribution in [0.15, 0.2) is 59.5 Å². The Kier molecular flexibility index (Phi) is 6.27. The number of hydrogen-bond donors (Lipinski definition) is 1. The van der Waals surface area contributed by atoms with Crippen LogP contribution in [-0.4, -0.2) is 21.6 Å². The van der Waals surface area contributed by atoms with E-state index in [0.717, 1.165) is 11.6 Å². The van der Waals surface area contributed by atoms with Crippen LogP contribution in [0.5, 0.6) is 0 Å². The fourth-order valence-electron chi connectivity index (χ4n) is 2.08. The zero-order chi connectivity index (χ0) is 16.7. The zero-order valence-electron chi connectivity index (χ0n) is 12.9. The molecular weight excluding hydrogens is 317 g/mol. The van der Waals surface area contributed by atoms with Crippen LogP contribution in [0.4, 0.5) is 4.39 Å². The van der Waals surface area contributed by atoms with Gasteiger partial charge in [-0.25, -0.2) is 17.5 Å². The average Bonchev–Trinajstić information content (AvgIpc) is 2.55. The normalized spacial score (nSPS) is 13.0. The molecule has 0 aliphatic carbocycles. The Balaban J connectivity index is 1.75. The smallest absolute Gasteiger partial charge is 0.240 e. The van der Waals surface area contributed by atoms with Crippen molar-refractivity contribution in [3.8, 4) is 0 Å². The molecule has 0 radical (unpaired) electrons. The van der Waals surface area contributed by atoms with E-state index < -0.39 is 15.8 Å². The predicted octanol–water partition coefficient (Wildman–Crippen LogP) is 3.27. The maximum atomic E-state index is 13.1. The molecule has 0 aromatic heterocycles. The Bertz CT molecular complexity index is 720. The Morgan fingerprint density at radius 1 is 1.13 bits per heavy atom. The van der Waals surface area contributed by atoms with E-state index in [9.17, 15) is 12.8 Å². The van der Waals surface area contributed by atoms with Crippen molar-refractivity contribution in [2.75, 3.05) is 13.2 Å². The molecule has 6 heteroatoms. The fourth-order valence-corrected chi connectivity index (χ4v) is 3.18. The lowest BCUT2D eigenvalue weighted by Crippen LogP contribution is -2.25. The van der Waals surface area contributed by atoms with E-state index in [2.05, 4.69) is 4.72 Å². The molecule has 0 saturated carbocycles. The third-order valence-corrected chi connectivity index (χ3v) is 4.82.